The number of rotatable bonds is 0. The van der Waals surface area contributed by atoms with Gasteiger partial charge in [0.25, 0.3) is 35.1 Å². The lowest BCUT2D eigenvalue weighted by atomic mass is 10.1. The van der Waals surface area contributed by atoms with Crippen molar-refractivity contribution in [1.29, 1.82) is 0 Å². The van der Waals surface area contributed by atoms with Gasteiger partial charge in [0.1, 0.15) is 0 Å². The summed E-state index contributed by atoms with van der Waals surface area (Å²) in [6.07, 6.45) is -1.91. The molecule has 3 aliphatic rings. The predicted octanol–water partition coefficient (Wildman–Crippen LogP) is 8.53. The predicted molar refractivity (Wildman–Crippen MR) is 228 cm³/mol. The normalized spacial score (nSPS) is 12.1. The molecule has 0 fully saturated rings. The molecule has 0 aromatic heterocycles. The van der Waals surface area contributed by atoms with Crippen LogP contribution in [0.4, 0.5) is 22.7 Å². The number of likely N-dealkylation sites (N-methyl/N-ethyl adjacent to an activating group) is 1. The van der Waals surface area contributed by atoms with Crippen molar-refractivity contribution in [2.45, 2.75) is 65.5 Å². The highest BCUT2D eigenvalue weighted by molar-refractivity contribution is 6.67. The van der Waals surface area contributed by atoms with Crippen LogP contribution in [0, 0.1) is 0 Å². The lowest BCUT2D eigenvalue weighted by Crippen LogP contribution is -2.24. The first kappa shape index (κ1) is 53.0. The number of benzene rings is 4. The number of para-hydroxylation sites is 4. The summed E-state index contributed by atoms with van der Waals surface area (Å²) in [5, 5.41) is 21.0. The molecule has 0 aliphatic carbocycles. The molecule has 0 spiro atoms. The number of halogens is 3. The third kappa shape index (κ3) is 16.7. The van der Waals surface area contributed by atoms with Gasteiger partial charge in [0.05, 0.1) is 33.8 Å². The Morgan fingerprint density at radius 3 is 1.16 bits per heavy atom. The zero-order valence-electron chi connectivity index (χ0n) is 32.9. The zero-order chi connectivity index (χ0) is 43.6. The van der Waals surface area contributed by atoms with Gasteiger partial charge >= 0.3 is 0 Å². The Kier molecular flexibility index (Phi) is 26.8. The highest BCUT2D eigenvalue weighted by atomic mass is 35.6. The molecule has 15 heteroatoms. The van der Waals surface area contributed by atoms with E-state index in [9.17, 15) is 28.8 Å². The lowest BCUT2D eigenvalue weighted by Gasteiger charge is -2.10. The molecule has 0 saturated heterocycles. The number of aliphatic hydroxyl groups is 2. The van der Waals surface area contributed by atoms with Gasteiger partial charge < -0.3 is 31.5 Å². The smallest absolute Gasteiger partial charge is 0.299 e. The molecule has 0 atom stereocenters. The van der Waals surface area contributed by atoms with Gasteiger partial charge in [-0.25, -0.2) is 0 Å². The first-order valence-electron chi connectivity index (χ1n) is 17.7. The van der Waals surface area contributed by atoms with Gasteiger partial charge in [0.15, 0.2) is 6.29 Å². The second-order valence-corrected chi connectivity index (χ2v) is 12.1. The van der Waals surface area contributed by atoms with Crippen LogP contribution in [0.1, 0.15) is 86.5 Å². The van der Waals surface area contributed by atoms with E-state index in [0.717, 1.165) is 5.69 Å². The summed E-state index contributed by atoms with van der Waals surface area (Å²) in [5.74, 6) is -2.82. The number of carbonyl (C=O) groups is 6. The van der Waals surface area contributed by atoms with Crippen molar-refractivity contribution >= 4 is 92.6 Å². The molecule has 7 rings (SSSR count). The molecule has 4 aromatic carbocycles. The average molecular weight is 834 g/mol. The highest BCUT2D eigenvalue weighted by Crippen LogP contribution is 2.28. The molecule has 0 saturated carbocycles. The summed E-state index contributed by atoms with van der Waals surface area (Å²) in [7, 11) is 1.60. The second kappa shape index (κ2) is 28.3. The molecule has 0 bridgehead atoms. The fourth-order valence-electron chi connectivity index (χ4n) is 3.97. The van der Waals surface area contributed by atoms with E-state index in [1.807, 2.05) is 85.7 Å². The number of nitrogen functional groups attached to an aromatic ring is 1. The number of aliphatic hydroxyl groups excluding tert-OH is 1. The molecule has 3 heterocycles. The van der Waals surface area contributed by atoms with E-state index < -0.39 is 45.2 Å². The highest BCUT2D eigenvalue weighted by Gasteiger charge is 2.32. The van der Waals surface area contributed by atoms with Crippen LogP contribution in [-0.4, -0.2) is 62.4 Å². The van der Waals surface area contributed by atoms with Crippen LogP contribution in [0.25, 0.3) is 0 Å². The molecule has 6 N–H and O–H groups in total. The van der Waals surface area contributed by atoms with Gasteiger partial charge in [-0.2, -0.15) is 0 Å². The SMILES string of the molecule is CC.CC.CC.CC.CN1C(=O)C(=O)c2ccccc21.Nc1ccccc1.O=C1Nc2ccccc2C1=O.O=C1Nc2ccccc2C1=O.OC(O)C(Cl)(Cl)Cl. The molecule has 3 aliphatic heterocycles. The largest absolute Gasteiger partial charge is 0.399 e. The van der Waals surface area contributed by atoms with Crippen molar-refractivity contribution < 1.29 is 39.0 Å². The number of alkyl halides is 3. The number of anilines is 4. The van der Waals surface area contributed by atoms with Crippen LogP contribution in [0.2, 0.25) is 0 Å². The first-order valence-corrected chi connectivity index (χ1v) is 18.8. The van der Waals surface area contributed by atoms with Crippen LogP contribution in [0.3, 0.4) is 0 Å². The molecule has 0 unspecified atom stereocenters. The van der Waals surface area contributed by atoms with Gasteiger partial charge in [-0.1, -0.05) is 145 Å². The van der Waals surface area contributed by atoms with E-state index in [-0.39, 0.29) is 0 Å². The number of nitrogens with one attached hydrogen (secondary N) is 2. The number of Topliss-reactive ketones (excluding diaryl/α,β-unsaturated/α-hetero) is 3. The maximum absolute atomic E-state index is 11.2. The Labute approximate surface area is 344 Å². The molecular formula is C41H51Cl3N4O8. The summed E-state index contributed by atoms with van der Waals surface area (Å²) in [6, 6.07) is 30.2. The summed E-state index contributed by atoms with van der Waals surface area (Å²) >= 11 is 14.7. The zero-order valence-corrected chi connectivity index (χ0v) is 35.2. The average Bonchev–Trinajstić information content (AvgIpc) is 3.77. The number of hydrogen-bond acceptors (Lipinski definition) is 9. The fraction of sp³-hybridized carbons (Fsp3) is 0.268. The quantitative estimate of drug-likeness (QED) is 0.0499. The number of nitrogens with two attached hydrogens (primary N) is 1. The maximum atomic E-state index is 11.2. The number of amides is 3. The number of nitrogens with zero attached hydrogens (tertiary/aromatic N) is 1. The Balaban J connectivity index is 0. The number of fused-ring (bicyclic) bond motifs is 3. The van der Waals surface area contributed by atoms with Gasteiger partial charge in [0, 0.05) is 12.7 Å². The van der Waals surface area contributed by atoms with Crippen LogP contribution in [-0.2, 0) is 14.4 Å². The van der Waals surface area contributed by atoms with Crippen molar-refractivity contribution in [3.05, 3.63) is 120 Å². The third-order valence-electron chi connectivity index (χ3n) is 6.35. The van der Waals surface area contributed by atoms with Crippen molar-refractivity contribution in [2.24, 2.45) is 0 Å². The third-order valence-corrected chi connectivity index (χ3v) is 6.94. The molecule has 0 radical (unpaired) electrons. The Bertz CT molecular complexity index is 1780. The standard InChI is InChI=1S/C9H7NO2.2C8H5NO2.C6H7N.C2H3Cl3O2.4C2H6/c1-10-7-5-3-2-4-6(7)8(11)9(10)12;2*10-7-5-3-1-2-4-6(5)9-8(7)11;7-6-4-2-1-3-5-6;3-2(4,5)1(6)7;4*1-2/h2-5H,1H3;2*1-4H,(H,9,10,11);1-5H,7H2;1,6-7H;4*1-2H3. The minimum absolute atomic E-state index is 0.409. The topological polar surface area (TPSA) is 196 Å². The molecule has 304 valence electrons. The van der Waals surface area contributed by atoms with Crippen molar-refractivity contribution in [3.63, 3.8) is 0 Å². The van der Waals surface area contributed by atoms with Gasteiger partial charge in [-0.15, -0.1) is 0 Å². The summed E-state index contributed by atoms with van der Waals surface area (Å²) in [4.78, 5) is 67.2. The van der Waals surface area contributed by atoms with Crippen molar-refractivity contribution in [1.82, 2.24) is 0 Å². The Morgan fingerprint density at radius 1 is 0.536 bits per heavy atom. The molecule has 56 heavy (non-hydrogen) atoms. The molecule has 12 nitrogen and oxygen atoms in total. The van der Waals surface area contributed by atoms with Crippen LogP contribution in [0.5, 0.6) is 0 Å². The minimum Gasteiger partial charge on any atom is -0.399 e. The second-order valence-electron chi connectivity index (χ2n) is 9.69. The molecule has 3 amide bonds. The Morgan fingerprint density at radius 2 is 0.857 bits per heavy atom. The first-order chi connectivity index (χ1) is 26.6. The fourth-order valence-corrected chi connectivity index (χ4v) is 3.97. The maximum Gasteiger partial charge on any atom is 0.299 e. The summed E-state index contributed by atoms with van der Waals surface area (Å²) in [5.41, 5.74) is 9.55. The summed E-state index contributed by atoms with van der Waals surface area (Å²) < 4.78 is -1.97. The van der Waals surface area contributed by atoms with E-state index in [1.54, 1.807) is 79.8 Å². The van der Waals surface area contributed by atoms with E-state index in [2.05, 4.69) is 10.6 Å². The van der Waals surface area contributed by atoms with E-state index in [4.69, 9.17) is 50.7 Å². The number of hydrogen-bond donors (Lipinski definition) is 5. The van der Waals surface area contributed by atoms with Crippen molar-refractivity contribution in [2.75, 3.05) is 28.3 Å². The van der Waals surface area contributed by atoms with Crippen LogP contribution in [0.15, 0.2) is 103 Å². The lowest BCUT2D eigenvalue weighted by molar-refractivity contribution is -0.114. The number of ketones is 3. The van der Waals surface area contributed by atoms with Gasteiger partial charge in [-0.05, 0) is 48.5 Å². The number of carbonyl (C=O) groups excluding carboxylic acids is 6. The summed E-state index contributed by atoms with van der Waals surface area (Å²) in [6.45, 7) is 16.0. The monoisotopic (exact) mass is 832 g/mol. The van der Waals surface area contributed by atoms with Gasteiger partial charge in [-0.3, -0.25) is 28.8 Å². The van der Waals surface area contributed by atoms with Crippen LogP contribution >= 0.6 is 34.8 Å². The minimum atomic E-state index is -1.97. The Hall–Kier alpha value is -5.11. The van der Waals surface area contributed by atoms with Gasteiger partial charge in [0.2, 0.25) is 3.79 Å². The van der Waals surface area contributed by atoms with E-state index in [0.29, 0.717) is 33.8 Å². The van der Waals surface area contributed by atoms with Crippen LogP contribution < -0.4 is 21.3 Å². The van der Waals surface area contributed by atoms with E-state index in [1.165, 1.54) is 4.90 Å². The molecule has 4 aromatic rings. The molecular weight excluding hydrogens is 783 g/mol. The van der Waals surface area contributed by atoms with E-state index >= 15 is 0 Å². The van der Waals surface area contributed by atoms with Crippen molar-refractivity contribution in [3.8, 4) is 0 Å².